The van der Waals surface area contributed by atoms with Crippen LogP contribution in [0.15, 0.2) is 27.4 Å². The van der Waals surface area contributed by atoms with Gasteiger partial charge in [-0.2, -0.15) is 0 Å². The summed E-state index contributed by atoms with van der Waals surface area (Å²) in [6.07, 6.45) is -0.884. The number of rotatable bonds is 6. The Morgan fingerprint density at radius 2 is 1.90 bits per heavy atom. The van der Waals surface area contributed by atoms with Gasteiger partial charge in [-0.05, 0) is 51.8 Å². The van der Waals surface area contributed by atoms with Gasteiger partial charge in [-0.25, -0.2) is 4.79 Å². The lowest BCUT2D eigenvalue weighted by molar-refractivity contribution is -0.164. The number of esters is 1. The SMILES string of the molecule is COc1ccc2c(C)c(CCC(=O)OC(C)C(=O)N3CC(C)OC(C)C3)c(=O)oc2c1. The quantitative estimate of drug-likeness (QED) is 0.512. The number of carbonyl (C=O) groups is 2. The maximum atomic E-state index is 12.6. The highest BCUT2D eigenvalue weighted by atomic mass is 16.5. The molecule has 1 fully saturated rings. The molecule has 31 heavy (non-hydrogen) atoms. The molecule has 1 aromatic carbocycles. The van der Waals surface area contributed by atoms with Gasteiger partial charge < -0.3 is 23.5 Å². The molecule has 0 N–H and O–H groups in total. The first-order valence-electron chi connectivity index (χ1n) is 10.4. The van der Waals surface area contributed by atoms with Gasteiger partial charge in [-0.1, -0.05) is 0 Å². The summed E-state index contributed by atoms with van der Waals surface area (Å²) in [5.41, 5.74) is 1.11. The fourth-order valence-corrected chi connectivity index (χ4v) is 3.94. The van der Waals surface area contributed by atoms with Crippen molar-refractivity contribution in [1.82, 2.24) is 4.90 Å². The first-order chi connectivity index (χ1) is 14.7. The van der Waals surface area contributed by atoms with E-state index >= 15 is 0 Å². The van der Waals surface area contributed by atoms with Crippen molar-refractivity contribution in [1.29, 1.82) is 0 Å². The molecule has 3 atom stereocenters. The maximum Gasteiger partial charge on any atom is 0.339 e. The number of morpholine rings is 1. The van der Waals surface area contributed by atoms with Crippen molar-refractivity contribution in [2.45, 2.75) is 58.8 Å². The number of benzene rings is 1. The van der Waals surface area contributed by atoms with Gasteiger partial charge in [0.25, 0.3) is 5.91 Å². The summed E-state index contributed by atoms with van der Waals surface area (Å²) in [5, 5.41) is 0.780. The number of carbonyl (C=O) groups excluding carboxylic acids is 2. The lowest BCUT2D eigenvalue weighted by Crippen LogP contribution is -2.51. The van der Waals surface area contributed by atoms with Crippen LogP contribution in [0, 0.1) is 6.92 Å². The zero-order valence-electron chi connectivity index (χ0n) is 18.6. The Kier molecular flexibility index (Phi) is 7.00. The summed E-state index contributed by atoms with van der Waals surface area (Å²) in [5.74, 6) is -0.191. The minimum Gasteiger partial charge on any atom is -0.497 e. The van der Waals surface area contributed by atoms with Crippen molar-refractivity contribution in [3.63, 3.8) is 0 Å². The van der Waals surface area contributed by atoms with E-state index in [-0.39, 0.29) is 31.0 Å². The Morgan fingerprint density at radius 1 is 1.23 bits per heavy atom. The monoisotopic (exact) mass is 431 g/mol. The summed E-state index contributed by atoms with van der Waals surface area (Å²) in [6.45, 7) is 8.12. The van der Waals surface area contributed by atoms with Crippen LogP contribution in [0.1, 0.15) is 38.3 Å². The van der Waals surface area contributed by atoms with Gasteiger partial charge in [-0.3, -0.25) is 9.59 Å². The van der Waals surface area contributed by atoms with Gasteiger partial charge >= 0.3 is 11.6 Å². The Bertz CT molecular complexity index is 1020. The maximum absolute atomic E-state index is 12.6. The number of fused-ring (bicyclic) bond motifs is 1. The molecule has 1 aliphatic rings. The van der Waals surface area contributed by atoms with Crippen LogP contribution in [0.2, 0.25) is 0 Å². The number of nitrogens with zero attached hydrogens (tertiary/aromatic N) is 1. The predicted molar refractivity (Wildman–Crippen MR) is 114 cm³/mol. The minimum absolute atomic E-state index is 0.0270. The molecule has 8 nitrogen and oxygen atoms in total. The third kappa shape index (κ3) is 5.25. The molecule has 2 heterocycles. The molecule has 3 rings (SSSR count). The third-order valence-electron chi connectivity index (χ3n) is 5.46. The highest BCUT2D eigenvalue weighted by Gasteiger charge is 2.30. The Labute approximate surface area is 181 Å². The molecule has 1 amide bonds. The Balaban J connectivity index is 1.63. The van der Waals surface area contributed by atoms with Crippen molar-refractivity contribution in [2.75, 3.05) is 20.2 Å². The normalized spacial score (nSPS) is 19.8. The molecule has 1 saturated heterocycles. The fourth-order valence-electron chi connectivity index (χ4n) is 3.94. The van der Waals surface area contributed by atoms with Crippen LogP contribution in [0.3, 0.4) is 0 Å². The molecular weight excluding hydrogens is 402 g/mol. The largest absolute Gasteiger partial charge is 0.497 e. The molecule has 2 aromatic rings. The zero-order valence-corrected chi connectivity index (χ0v) is 18.6. The second-order valence-electron chi connectivity index (χ2n) is 7.99. The molecule has 0 spiro atoms. The van der Waals surface area contributed by atoms with Gasteiger partial charge in [0.05, 0.1) is 19.3 Å². The standard InChI is InChI=1S/C23H29NO7/c1-13-11-24(12-14(2)29-13)22(26)16(4)30-21(25)9-8-19-15(3)18-7-6-17(28-5)10-20(18)31-23(19)27/h6-7,10,13-14,16H,8-9,11-12H2,1-5H3. The summed E-state index contributed by atoms with van der Waals surface area (Å²) in [7, 11) is 1.54. The minimum atomic E-state index is -0.897. The molecular formula is C23H29NO7. The lowest BCUT2D eigenvalue weighted by atomic mass is 10.0. The average Bonchev–Trinajstić information content (AvgIpc) is 2.71. The lowest BCUT2D eigenvalue weighted by Gasteiger charge is -2.36. The van der Waals surface area contributed by atoms with E-state index in [1.165, 1.54) is 7.11 Å². The first kappa shape index (κ1) is 22.8. The number of ether oxygens (including phenoxy) is 3. The van der Waals surface area contributed by atoms with E-state index in [2.05, 4.69) is 0 Å². The van der Waals surface area contributed by atoms with Crippen LogP contribution in [0.25, 0.3) is 11.0 Å². The van der Waals surface area contributed by atoms with Crippen LogP contribution in [0.4, 0.5) is 0 Å². The van der Waals surface area contributed by atoms with Gasteiger partial charge in [-0.15, -0.1) is 0 Å². The fraction of sp³-hybridized carbons (Fsp3) is 0.522. The van der Waals surface area contributed by atoms with Crippen LogP contribution in [-0.4, -0.2) is 55.3 Å². The molecule has 0 aliphatic carbocycles. The first-order valence-corrected chi connectivity index (χ1v) is 10.4. The van der Waals surface area contributed by atoms with E-state index < -0.39 is 17.7 Å². The number of hydrogen-bond acceptors (Lipinski definition) is 7. The molecule has 8 heteroatoms. The van der Waals surface area contributed by atoms with E-state index in [1.807, 2.05) is 26.8 Å². The zero-order chi connectivity index (χ0) is 22.7. The molecule has 0 saturated carbocycles. The Hall–Kier alpha value is -2.87. The topological polar surface area (TPSA) is 95.3 Å². The van der Waals surface area contributed by atoms with Crippen molar-refractivity contribution in [3.05, 3.63) is 39.7 Å². The van der Waals surface area contributed by atoms with Gasteiger partial charge in [0.2, 0.25) is 0 Å². The van der Waals surface area contributed by atoms with Crippen molar-refractivity contribution < 1.29 is 28.2 Å². The average molecular weight is 431 g/mol. The van der Waals surface area contributed by atoms with Gasteiger partial charge in [0.15, 0.2) is 6.10 Å². The van der Waals surface area contributed by atoms with E-state index in [0.717, 1.165) is 10.9 Å². The number of amides is 1. The summed E-state index contributed by atoms with van der Waals surface area (Å²) in [6, 6.07) is 5.26. The number of methoxy groups -OCH3 is 1. The number of aryl methyl sites for hydroxylation is 1. The summed E-state index contributed by atoms with van der Waals surface area (Å²) < 4.78 is 21.5. The summed E-state index contributed by atoms with van der Waals surface area (Å²) >= 11 is 0. The third-order valence-corrected chi connectivity index (χ3v) is 5.46. The molecule has 1 aliphatic heterocycles. The van der Waals surface area contributed by atoms with Crippen LogP contribution in [0.5, 0.6) is 5.75 Å². The van der Waals surface area contributed by atoms with E-state index in [4.69, 9.17) is 18.6 Å². The number of hydrogen-bond donors (Lipinski definition) is 0. The van der Waals surface area contributed by atoms with Crippen molar-refractivity contribution in [3.8, 4) is 5.75 Å². The predicted octanol–water partition coefficient (Wildman–Crippen LogP) is 2.61. The highest BCUT2D eigenvalue weighted by molar-refractivity contribution is 5.84. The smallest absolute Gasteiger partial charge is 0.339 e. The van der Waals surface area contributed by atoms with Crippen LogP contribution in [-0.2, 0) is 25.5 Å². The highest BCUT2D eigenvalue weighted by Crippen LogP contribution is 2.24. The Morgan fingerprint density at radius 3 is 2.55 bits per heavy atom. The van der Waals surface area contributed by atoms with E-state index in [0.29, 0.717) is 30.0 Å². The molecule has 0 bridgehead atoms. The second-order valence-corrected chi connectivity index (χ2v) is 7.99. The molecule has 1 aromatic heterocycles. The van der Waals surface area contributed by atoms with Gasteiger partial charge in [0.1, 0.15) is 11.3 Å². The summed E-state index contributed by atoms with van der Waals surface area (Å²) in [4.78, 5) is 39.1. The van der Waals surface area contributed by atoms with Gasteiger partial charge in [0, 0.05) is 36.5 Å². The van der Waals surface area contributed by atoms with Crippen LogP contribution >= 0.6 is 0 Å². The van der Waals surface area contributed by atoms with E-state index in [1.54, 1.807) is 24.0 Å². The van der Waals surface area contributed by atoms with Crippen LogP contribution < -0.4 is 10.4 Å². The van der Waals surface area contributed by atoms with Crippen molar-refractivity contribution >= 4 is 22.8 Å². The molecule has 0 radical (unpaired) electrons. The molecule has 3 unspecified atom stereocenters. The van der Waals surface area contributed by atoms with E-state index in [9.17, 15) is 14.4 Å². The molecule has 168 valence electrons. The van der Waals surface area contributed by atoms with Crippen molar-refractivity contribution in [2.24, 2.45) is 0 Å². The second kappa shape index (κ2) is 9.51.